The maximum absolute atomic E-state index is 13.0. The van der Waals surface area contributed by atoms with E-state index in [9.17, 15) is 9.59 Å². The van der Waals surface area contributed by atoms with Crippen LogP contribution in [0.15, 0.2) is 36.9 Å². The minimum Gasteiger partial charge on any atom is -0.485 e. The van der Waals surface area contributed by atoms with E-state index in [1.54, 1.807) is 6.92 Å². The molecule has 0 spiro atoms. The summed E-state index contributed by atoms with van der Waals surface area (Å²) in [4.78, 5) is 26.3. The molecular formula is C20H26N2O4. The molecule has 6 heteroatoms. The second-order valence-electron chi connectivity index (χ2n) is 7.59. The average molecular weight is 358 g/mol. The average Bonchev–Trinajstić information content (AvgIpc) is 2.66. The Morgan fingerprint density at radius 1 is 1.23 bits per heavy atom. The minimum atomic E-state index is -1.01. The van der Waals surface area contributed by atoms with Gasteiger partial charge in [-0.3, -0.25) is 9.59 Å². The van der Waals surface area contributed by atoms with Gasteiger partial charge in [-0.2, -0.15) is 0 Å². The Labute approximate surface area is 154 Å². The summed E-state index contributed by atoms with van der Waals surface area (Å²) in [5.74, 6) is 1.05. The van der Waals surface area contributed by atoms with Crippen LogP contribution in [0.1, 0.15) is 26.7 Å². The molecule has 1 N–H and O–H groups in total. The van der Waals surface area contributed by atoms with Crippen molar-refractivity contribution in [2.24, 2.45) is 5.41 Å². The van der Waals surface area contributed by atoms with Gasteiger partial charge in [0.1, 0.15) is 6.61 Å². The highest BCUT2D eigenvalue weighted by Gasteiger charge is 2.45. The summed E-state index contributed by atoms with van der Waals surface area (Å²) < 4.78 is 11.7. The van der Waals surface area contributed by atoms with Gasteiger partial charge >= 0.3 is 0 Å². The molecule has 1 atom stereocenters. The summed E-state index contributed by atoms with van der Waals surface area (Å²) >= 11 is 0. The van der Waals surface area contributed by atoms with Crippen molar-refractivity contribution in [1.29, 1.82) is 0 Å². The highest BCUT2D eigenvalue weighted by Crippen LogP contribution is 2.37. The number of hydrogen-bond acceptors (Lipinski definition) is 4. The molecule has 2 heterocycles. The number of benzene rings is 1. The van der Waals surface area contributed by atoms with Crippen LogP contribution in [0.2, 0.25) is 0 Å². The van der Waals surface area contributed by atoms with E-state index in [-0.39, 0.29) is 23.8 Å². The van der Waals surface area contributed by atoms with Crippen molar-refractivity contribution in [2.45, 2.75) is 32.3 Å². The van der Waals surface area contributed by atoms with E-state index in [1.165, 1.54) is 6.08 Å². The quantitative estimate of drug-likeness (QED) is 0.838. The van der Waals surface area contributed by atoms with Crippen LogP contribution in [0.3, 0.4) is 0 Å². The van der Waals surface area contributed by atoms with Gasteiger partial charge in [0, 0.05) is 19.6 Å². The third-order valence-electron chi connectivity index (χ3n) is 5.27. The lowest BCUT2D eigenvalue weighted by Crippen LogP contribution is -2.58. The van der Waals surface area contributed by atoms with Crippen molar-refractivity contribution < 1.29 is 19.1 Å². The number of para-hydroxylation sites is 2. The third kappa shape index (κ3) is 3.69. The maximum Gasteiger partial charge on any atom is 0.270 e. The number of nitrogens with zero attached hydrogens (tertiary/aromatic N) is 1. The predicted octanol–water partition coefficient (Wildman–Crippen LogP) is 2.15. The lowest BCUT2D eigenvalue weighted by molar-refractivity contribution is -0.153. The summed E-state index contributed by atoms with van der Waals surface area (Å²) in [6.45, 7) is 9.45. The summed E-state index contributed by atoms with van der Waals surface area (Å²) in [6.07, 6.45) is 2.93. The van der Waals surface area contributed by atoms with Gasteiger partial charge in [0.25, 0.3) is 5.91 Å². The van der Waals surface area contributed by atoms with Crippen LogP contribution in [-0.2, 0) is 9.59 Å². The molecular weight excluding hydrogens is 332 g/mol. The Hall–Kier alpha value is -2.50. The number of carbonyl (C=O) groups is 2. The Morgan fingerprint density at radius 2 is 1.88 bits per heavy atom. The maximum atomic E-state index is 13.0. The first-order valence-electron chi connectivity index (χ1n) is 8.96. The zero-order chi connectivity index (χ0) is 18.8. The first kappa shape index (κ1) is 18.3. The molecule has 3 rings (SSSR count). The summed E-state index contributed by atoms with van der Waals surface area (Å²) in [7, 11) is 0. The molecule has 1 saturated heterocycles. The van der Waals surface area contributed by atoms with Crippen molar-refractivity contribution in [2.75, 3.05) is 26.2 Å². The number of hydrogen-bond donors (Lipinski definition) is 1. The summed E-state index contributed by atoms with van der Waals surface area (Å²) in [5.41, 5.74) is -1.04. The summed E-state index contributed by atoms with van der Waals surface area (Å²) in [5, 5.41) is 2.86. The molecule has 2 aliphatic heterocycles. The van der Waals surface area contributed by atoms with E-state index in [0.29, 0.717) is 31.1 Å². The Morgan fingerprint density at radius 3 is 2.54 bits per heavy atom. The molecule has 1 aromatic rings. The number of fused-ring (bicyclic) bond motifs is 1. The van der Waals surface area contributed by atoms with Crippen LogP contribution < -0.4 is 14.8 Å². The number of piperidine rings is 1. The fraction of sp³-hybridized carbons (Fsp3) is 0.500. The molecule has 1 fully saturated rings. The molecule has 0 bridgehead atoms. The topological polar surface area (TPSA) is 67.9 Å². The monoisotopic (exact) mass is 358 g/mol. The highest BCUT2D eigenvalue weighted by molar-refractivity contribution is 5.87. The van der Waals surface area contributed by atoms with Gasteiger partial charge in [-0.05, 0) is 43.4 Å². The SMILES string of the molecule is C=CC(=O)NCC1(C)CCN(C(=O)C2(C)COc3ccccc3O2)CC1. The van der Waals surface area contributed by atoms with E-state index >= 15 is 0 Å². The van der Waals surface area contributed by atoms with Gasteiger partial charge in [-0.15, -0.1) is 0 Å². The standard InChI is InChI=1S/C20H26N2O4/c1-4-17(23)21-13-19(2)9-11-22(12-10-19)18(24)20(3)14-25-15-7-5-6-8-16(15)26-20/h4-8H,1,9-14H2,2-3H3,(H,21,23). The number of likely N-dealkylation sites (tertiary alicyclic amines) is 1. The summed E-state index contributed by atoms with van der Waals surface area (Å²) in [6, 6.07) is 7.39. The van der Waals surface area contributed by atoms with Gasteiger partial charge in [-0.25, -0.2) is 0 Å². The number of rotatable bonds is 4. The lowest BCUT2D eigenvalue weighted by Gasteiger charge is -2.43. The van der Waals surface area contributed by atoms with Crippen LogP contribution in [0, 0.1) is 5.41 Å². The predicted molar refractivity (Wildman–Crippen MR) is 98.1 cm³/mol. The Kier molecular flexibility index (Phi) is 4.94. The first-order valence-corrected chi connectivity index (χ1v) is 8.96. The van der Waals surface area contributed by atoms with Gasteiger partial charge in [0.05, 0.1) is 0 Å². The number of ether oxygens (including phenoxy) is 2. The van der Waals surface area contributed by atoms with Gasteiger partial charge in [0.2, 0.25) is 11.5 Å². The molecule has 0 radical (unpaired) electrons. The fourth-order valence-electron chi connectivity index (χ4n) is 3.38. The fourth-order valence-corrected chi connectivity index (χ4v) is 3.38. The molecule has 0 aromatic heterocycles. The Balaban J connectivity index is 1.60. The molecule has 1 aromatic carbocycles. The van der Waals surface area contributed by atoms with E-state index < -0.39 is 5.60 Å². The van der Waals surface area contributed by atoms with Crippen LogP contribution in [0.4, 0.5) is 0 Å². The van der Waals surface area contributed by atoms with Gasteiger partial charge < -0.3 is 19.7 Å². The molecule has 0 saturated carbocycles. The number of amides is 2. The lowest BCUT2D eigenvalue weighted by atomic mass is 9.80. The molecule has 140 valence electrons. The van der Waals surface area contributed by atoms with Crippen LogP contribution >= 0.6 is 0 Å². The third-order valence-corrected chi connectivity index (χ3v) is 5.27. The second-order valence-corrected chi connectivity index (χ2v) is 7.59. The van der Waals surface area contributed by atoms with Crippen molar-refractivity contribution in [3.8, 4) is 11.5 Å². The molecule has 6 nitrogen and oxygen atoms in total. The first-order chi connectivity index (χ1) is 12.4. The van der Waals surface area contributed by atoms with Crippen molar-refractivity contribution in [1.82, 2.24) is 10.2 Å². The van der Waals surface area contributed by atoms with Gasteiger partial charge in [0.15, 0.2) is 11.5 Å². The van der Waals surface area contributed by atoms with Gasteiger partial charge in [-0.1, -0.05) is 25.6 Å². The second kappa shape index (κ2) is 7.02. The number of carbonyl (C=O) groups excluding carboxylic acids is 2. The molecule has 26 heavy (non-hydrogen) atoms. The Bertz CT molecular complexity index is 710. The van der Waals surface area contributed by atoms with E-state index in [4.69, 9.17) is 9.47 Å². The van der Waals surface area contributed by atoms with Crippen molar-refractivity contribution in [3.05, 3.63) is 36.9 Å². The van der Waals surface area contributed by atoms with Crippen LogP contribution in [0.25, 0.3) is 0 Å². The molecule has 2 aliphatic rings. The molecule has 2 amide bonds. The molecule has 0 aliphatic carbocycles. The molecule has 1 unspecified atom stereocenters. The smallest absolute Gasteiger partial charge is 0.270 e. The highest BCUT2D eigenvalue weighted by atomic mass is 16.6. The van der Waals surface area contributed by atoms with E-state index in [0.717, 1.165) is 12.8 Å². The van der Waals surface area contributed by atoms with E-state index in [1.807, 2.05) is 29.2 Å². The number of nitrogens with one attached hydrogen (secondary N) is 1. The van der Waals surface area contributed by atoms with E-state index in [2.05, 4.69) is 18.8 Å². The van der Waals surface area contributed by atoms with Crippen LogP contribution in [0.5, 0.6) is 11.5 Å². The largest absolute Gasteiger partial charge is 0.485 e. The zero-order valence-corrected chi connectivity index (χ0v) is 15.4. The van der Waals surface area contributed by atoms with Crippen LogP contribution in [-0.4, -0.2) is 48.6 Å². The van der Waals surface area contributed by atoms with Crippen molar-refractivity contribution >= 4 is 11.8 Å². The zero-order valence-electron chi connectivity index (χ0n) is 15.4. The van der Waals surface area contributed by atoms with Crippen molar-refractivity contribution in [3.63, 3.8) is 0 Å². The normalized spacial score (nSPS) is 23.8. The minimum absolute atomic E-state index is 0.0210.